The van der Waals surface area contributed by atoms with Crippen LogP contribution in [0.4, 0.5) is 10.1 Å². The fourth-order valence-corrected chi connectivity index (χ4v) is 4.47. The van der Waals surface area contributed by atoms with E-state index in [1.807, 2.05) is 36.9 Å². The first-order valence-corrected chi connectivity index (χ1v) is 10.6. The number of rotatable bonds is 4. The van der Waals surface area contributed by atoms with Gasteiger partial charge in [0.25, 0.3) is 0 Å². The van der Waals surface area contributed by atoms with Crippen molar-refractivity contribution < 1.29 is 9.18 Å². The van der Waals surface area contributed by atoms with E-state index < -0.39 is 0 Å². The number of aromatic nitrogens is 2. The lowest BCUT2D eigenvalue weighted by Gasteiger charge is -2.20. The van der Waals surface area contributed by atoms with E-state index in [-0.39, 0.29) is 17.6 Å². The van der Waals surface area contributed by atoms with Gasteiger partial charge in [-0.05, 0) is 60.9 Å². The van der Waals surface area contributed by atoms with E-state index in [0.29, 0.717) is 19.5 Å². The van der Waals surface area contributed by atoms with Crippen molar-refractivity contribution in [3.63, 3.8) is 0 Å². The van der Waals surface area contributed by atoms with E-state index in [1.165, 1.54) is 12.1 Å². The molecule has 31 heavy (non-hydrogen) atoms. The van der Waals surface area contributed by atoms with Crippen LogP contribution in [0.25, 0.3) is 11.0 Å². The van der Waals surface area contributed by atoms with E-state index in [9.17, 15) is 9.18 Å². The lowest BCUT2D eigenvalue weighted by atomic mass is 10.1. The molecule has 0 radical (unpaired) electrons. The molecule has 1 amide bonds. The van der Waals surface area contributed by atoms with Gasteiger partial charge in [-0.1, -0.05) is 36.4 Å². The van der Waals surface area contributed by atoms with E-state index in [1.54, 1.807) is 12.1 Å². The van der Waals surface area contributed by atoms with E-state index in [0.717, 1.165) is 39.2 Å². The molecule has 1 fully saturated rings. The minimum Gasteiger partial charge on any atom is -0.323 e. The van der Waals surface area contributed by atoms with Crippen LogP contribution in [0.15, 0.2) is 66.7 Å². The molecule has 0 bridgehead atoms. The summed E-state index contributed by atoms with van der Waals surface area (Å²) in [6.45, 7) is 5.28. The highest BCUT2D eigenvalue weighted by Crippen LogP contribution is 2.35. The first-order valence-electron chi connectivity index (χ1n) is 10.6. The van der Waals surface area contributed by atoms with Crippen molar-refractivity contribution in [3.8, 4) is 0 Å². The number of halogens is 1. The Hall–Kier alpha value is -3.47. The van der Waals surface area contributed by atoms with Crippen LogP contribution in [-0.2, 0) is 11.3 Å². The molecule has 1 aromatic heterocycles. The molecule has 0 saturated carbocycles. The molecular weight excluding hydrogens is 389 g/mol. The number of carbonyl (C=O) groups excluding carboxylic acids is 1. The number of carbonyl (C=O) groups is 1. The Morgan fingerprint density at radius 3 is 2.61 bits per heavy atom. The number of hydrogen-bond donors (Lipinski definition) is 0. The minimum absolute atomic E-state index is 0.000241. The first-order chi connectivity index (χ1) is 15.0. The maximum Gasteiger partial charge on any atom is 0.227 e. The van der Waals surface area contributed by atoms with Gasteiger partial charge in [0, 0.05) is 31.1 Å². The van der Waals surface area contributed by atoms with E-state index >= 15 is 0 Å². The number of amides is 1. The smallest absolute Gasteiger partial charge is 0.227 e. The number of nitrogens with zero attached hydrogens (tertiary/aromatic N) is 3. The van der Waals surface area contributed by atoms with Crippen LogP contribution in [0.2, 0.25) is 0 Å². The minimum atomic E-state index is -0.245. The second kappa shape index (κ2) is 7.65. The zero-order chi connectivity index (χ0) is 21.5. The molecule has 4 aromatic rings. The maximum atomic E-state index is 13.4. The highest BCUT2D eigenvalue weighted by atomic mass is 19.1. The molecule has 3 aromatic carbocycles. The number of fused-ring (bicyclic) bond motifs is 1. The second-order valence-corrected chi connectivity index (χ2v) is 8.37. The zero-order valence-electron chi connectivity index (χ0n) is 17.7. The highest BCUT2D eigenvalue weighted by molar-refractivity contribution is 5.97. The molecule has 5 heteroatoms. The summed E-state index contributed by atoms with van der Waals surface area (Å²) in [5, 5.41) is 0. The standard InChI is InChI=1S/C26H24FN3O/c1-17-7-8-18(2)24(13-17)29-16-20(14-25(29)31)26-28-22-5-3-4-6-23(22)30(26)15-19-9-11-21(27)12-10-19/h3-13,20H,14-16H2,1-2H3/t20-/m1/s1. The molecule has 156 valence electrons. The first kappa shape index (κ1) is 19.5. The van der Waals surface area contributed by atoms with Gasteiger partial charge in [0.1, 0.15) is 11.6 Å². The Labute approximate surface area is 181 Å². The Morgan fingerprint density at radius 2 is 1.81 bits per heavy atom. The zero-order valence-corrected chi connectivity index (χ0v) is 17.7. The van der Waals surface area contributed by atoms with Gasteiger partial charge in [0.15, 0.2) is 0 Å². The van der Waals surface area contributed by atoms with Crippen LogP contribution in [0, 0.1) is 19.7 Å². The van der Waals surface area contributed by atoms with Crippen molar-refractivity contribution in [2.45, 2.75) is 32.7 Å². The van der Waals surface area contributed by atoms with Crippen molar-refractivity contribution >= 4 is 22.6 Å². The van der Waals surface area contributed by atoms with Crippen LogP contribution in [-0.4, -0.2) is 22.0 Å². The van der Waals surface area contributed by atoms with Crippen LogP contribution in [0.5, 0.6) is 0 Å². The van der Waals surface area contributed by atoms with Crippen molar-refractivity contribution in [3.05, 3.63) is 95.1 Å². The van der Waals surface area contributed by atoms with Gasteiger partial charge in [-0.3, -0.25) is 4.79 Å². The third kappa shape index (κ3) is 3.61. The Kier molecular flexibility index (Phi) is 4.81. The lowest BCUT2D eigenvalue weighted by Crippen LogP contribution is -2.25. The van der Waals surface area contributed by atoms with Gasteiger partial charge in [-0.15, -0.1) is 0 Å². The quantitative estimate of drug-likeness (QED) is 0.452. The van der Waals surface area contributed by atoms with Gasteiger partial charge in [0.2, 0.25) is 5.91 Å². The van der Waals surface area contributed by atoms with Crippen LogP contribution >= 0.6 is 0 Å². The number of imidazole rings is 1. The molecule has 0 N–H and O–H groups in total. The molecule has 1 saturated heterocycles. The van der Waals surface area contributed by atoms with Gasteiger partial charge in [-0.2, -0.15) is 0 Å². The Balaban J connectivity index is 1.53. The molecule has 0 unspecified atom stereocenters. The molecule has 0 spiro atoms. The van der Waals surface area contributed by atoms with Gasteiger partial charge in [-0.25, -0.2) is 9.37 Å². The van der Waals surface area contributed by atoms with Gasteiger partial charge < -0.3 is 9.47 Å². The summed E-state index contributed by atoms with van der Waals surface area (Å²) in [4.78, 5) is 19.8. The average molecular weight is 413 g/mol. The summed E-state index contributed by atoms with van der Waals surface area (Å²) in [5.41, 5.74) is 6.16. The monoisotopic (exact) mass is 413 g/mol. The van der Waals surface area contributed by atoms with E-state index in [4.69, 9.17) is 4.98 Å². The summed E-state index contributed by atoms with van der Waals surface area (Å²) >= 11 is 0. The van der Waals surface area contributed by atoms with Crippen molar-refractivity contribution in [2.24, 2.45) is 0 Å². The van der Waals surface area contributed by atoms with Crippen LogP contribution in [0.3, 0.4) is 0 Å². The highest BCUT2D eigenvalue weighted by Gasteiger charge is 2.35. The molecule has 1 atom stereocenters. The number of hydrogen-bond acceptors (Lipinski definition) is 2. The van der Waals surface area contributed by atoms with Crippen molar-refractivity contribution in [2.75, 3.05) is 11.4 Å². The van der Waals surface area contributed by atoms with Crippen LogP contribution < -0.4 is 4.90 Å². The SMILES string of the molecule is Cc1ccc(C)c(N2C[C@H](c3nc4ccccc4n3Cc3ccc(F)cc3)CC2=O)c1. The summed E-state index contributed by atoms with van der Waals surface area (Å²) in [7, 11) is 0. The second-order valence-electron chi connectivity index (χ2n) is 8.37. The summed E-state index contributed by atoms with van der Waals surface area (Å²) in [6.07, 6.45) is 0.431. The molecule has 5 rings (SSSR count). The normalized spacial score (nSPS) is 16.4. The van der Waals surface area contributed by atoms with E-state index in [2.05, 4.69) is 28.8 Å². The molecule has 1 aliphatic heterocycles. The third-order valence-corrected chi connectivity index (χ3v) is 6.08. The Bertz CT molecular complexity index is 1280. The number of benzene rings is 3. The molecule has 2 heterocycles. The molecule has 4 nitrogen and oxygen atoms in total. The number of aryl methyl sites for hydroxylation is 2. The molecule has 1 aliphatic rings. The number of anilines is 1. The molecule has 0 aliphatic carbocycles. The van der Waals surface area contributed by atoms with Crippen molar-refractivity contribution in [1.29, 1.82) is 0 Å². The van der Waals surface area contributed by atoms with Gasteiger partial charge >= 0.3 is 0 Å². The average Bonchev–Trinajstić information content (AvgIpc) is 3.32. The summed E-state index contributed by atoms with van der Waals surface area (Å²) < 4.78 is 15.6. The predicted octanol–water partition coefficient (Wildman–Crippen LogP) is 5.36. The third-order valence-electron chi connectivity index (χ3n) is 6.08. The molecular formula is C26H24FN3O. The Morgan fingerprint density at radius 1 is 1.03 bits per heavy atom. The topological polar surface area (TPSA) is 38.1 Å². The number of para-hydroxylation sites is 2. The summed E-state index contributed by atoms with van der Waals surface area (Å²) in [5.74, 6) is 0.788. The predicted molar refractivity (Wildman–Crippen MR) is 121 cm³/mol. The fraction of sp³-hybridized carbons (Fsp3) is 0.231. The summed E-state index contributed by atoms with van der Waals surface area (Å²) in [6, 6.07) is 20.8. The maximum absolute atomic E-state index is 13.4. The van der Waals surface area contributed by atoms with Crippen LogP contribution in [0.1, 0.15) is 34.9 Å². The largest absolute Gasteiger partial charge is 0.323 e. The van der Waals surface area contributed by atoms with Crippen molar-refractivity contribution in [1.82, 2.24) is 9.55 Å². The van der Waals surface area contributed by atoms with Gasteiger partial charge in [0.05, 0.1) is 11.0 Å². The lowest BCUT2D eigenvalue weighted by molar-refractivity contribution is -0.117. The fourth-order valence-electron chi connectivity index (χ4n) is 4.47.